The van der Waals surface area contributed by atoms with Gasteiger partial charge in [0.15, 0.2) is 12.4 Å². The molecule has 0 aliphatic heterocycles. The van der Waals surface area contributed by atoms with Crippen LogP contribution in [0.1, 0.15) is 35.5 Å². The average molecular weight is 330 g/mol. The quantitative estimate of drug-likeness (QED) is 0.499. The molecule has 2 rings (SSSR count). The van der Waals surface area contributed by atoms with E-state index in [2.05, 4.69) is 15.2 Å². The van der Waals surface area contributed by atoms with Crippen LogP contribution >= 0.6 is 0 Å². The Bertz CT molecular complexity index is 747. The zero-order valence-corrected chi connectivity index (χ0v) is 13.7. The molecule has 126 valence electrons. The van der Waals surface area contributed by atoms with Crippen molar-refractivity contribution in [3.63, 3.8) is 0 Å². The van der Waals surface area contributed by atoms with Crippen LogP contribution in [0.25, 0.3) is 0 Å². The molecule has 0 atom stereocenters. The van der Waals surface area contributed by atoms with Gasteiger partial charge in [0.2, 0.25) is 5.91 Å². The van der Waals surface area contributed by atoms with Gasteiger partial charge in [-0.25, -0.2) is 4.79 Å². The lowest BCUT2D eigenvalue weighted by Gasteiger charge is -2.05. The number of hydrogen-bond acceptors (Lipinski definition) is 6. The van der Waals surface area contributed by atoms with Crippen molar-refractivity contribution in [3.8, 4) is 0 Å². The molecule has 0 saturated carbocycles. The van der Waals surface area contributed by atoms with Gasteiger partial charge in [0.25, 0.3) is 0 Å². The number of ether oxygens (including phenoxy) is 1. The number of rotatable bonds is 6. The first kappa shape index (κ1) is 17.3. The zero-order chi connectivity index (χ0) is 17.5. The Morgan fingerprint density at radius 2 is 1.88 bits per heavy atom. The Morgan fingerprint density at radius 3 is 2.50 bits per heavy atom. The fourth-order valence-electron chi connectivity index (χ4n) is 1.98. The Balaban J connectivity index is 1.98. The molecule has 0 aliphatic rings. The lowest BCUT2D eigenvalue weighted by atomic mass is 10.1. The number of hydrogen-bond donors (Lipinski definition) is 1. The Hall–Kier alpha value is -3.09. The number of nitrogens with zero attached hydrogens (tertiary/aromatic N) is 1. The van der Waals surface area contributed by atoms with E-state index in [1.54, 1.807) is 19.1 Å². The van der Waals surface area contributed by atoms with Gasteiger partial charge in [-0.15, -0.1) is 0 Å². The molecule has 24 heavy (non-hydrogen) atoms. The first-order valence-corrected chi connectivity index (χ1v) is 7.20. The van der Waals surface area contributed by atoms with Crippen molar-refractivity contribution in [2.24, 2.45) is 5.16 Å². The first-order chi connectivity index (χ1) is 11.5. The zero-order valence-electron chi connectivity index (χ0n) is 13.7. The number of methoxy groups -OCH3 is 1. The van der Waals surface area contributed by atoms with Crippen LogP contribution in [-0.4, -0.2) is 24.7 Å². The van der Waals surface area contributed by atoms with Crippen molar-refractivity contribution >= 4 is 23.3 Å². The van der Waals surface area contributed by atoms with Gasteiger partial charge in [-0.3, -0.25) is 4.79 Å². The summed E-state index contributed by atoms with van der Waals surface area (Å²) in [7, 11) is 1.30. The number of esters is 1. The Morgan fingerprint density at radius 1 is 1.17 bits per heavy atom. The maximum Gasteiger partial charge on any atom is 0.341 e. The van der Waals surface area contributed by atoms with Crippen LogP contribution in [0, 0.1) is 0 Å². The molecule has 0 bridgehead atoms. The van der Waals surface area contributed by atoms with Gasteiger partial charge in [-0.1, -0.05) is 17.3 Å². The van der Waals surface area contributed by atoms with Crippen molar-refractivity contribution in [1.82, 2.24) is 0 Å². The van der Waals surface area contributed by atoms with Crippen LogP contribution < -0.4 is 5.32 Å². The molecule has 1 aromatic heterocycles. The molecule has 0 unspecified atom stereocenters. The number of carbonyl (C=O) groups is 2. The average Bonchev–Trinajstić information content (AvgIpc) is 3.02. The van der Waals surface area contributed by atoms with E-state index in [4.69, 9.17) is 9.25 Å². The lowest BCUT2D eigenvalue weighted by Crippen LogP contribution is -2.06. The van der Waals surface area contributed by atoms with Crippen LogP contribution in [0.4, 0.5) is 5.69 Å². The van der Waals surface area contributed by atoms with Crippen LogP contribution in [0.15, 0.2) is 46.2 Å². The monoisotopic (exact) mass is 330 g/mol. The summed E-state index contributed by atoms with van der Waals surface area (Å²) in [6.07, 6.45) is 1.39. The van der Waals surface area contributed by atoms with Crippen molar-refractivity contribution in [2.45, 2.75) is 20.5 Å². The summed E-state index contributed by atoms with van der Waals surface area (Å²) in [5, 5.41) is 6.69. The second kappa shape index (κ2) is 7.96. The molecule has 2 aromatic rings. The molecule has 1 aromatic carbocycles. The highest BCUT2D eigenvalue weighted by Crippen LogP contribution is 2.14. The predicted molar refractivity (Wildman–Crippen MR) is 87.8 cm³/mol. The summed E-state index contributed by atoms with van der Waals surface area (Å²) >= 11 is 0. The van der Waals surface area contributed by atoms with E-state index >= 15 is 0 Å². The van der Waals surface area contributed by atoms with E-state index in [-0.39, 0.29) is 12.5 Å². The van der Waals surface area contributed by atoms with E-state index in [1.165, 1.54) is 26.4 Å². The smallest absolute Gasteiger partial charge is 0.341 e. The molecule has 0 radical (unpaired) electrons. The van der Waals surface area contributed by atoms with Crippen molar-refractivity contribution < 1.29 is 23.6 Å². The highest BCUT2D eigenvalue weighted by atomic mass is 16.6. The predicted octanol–water partition coefficient (Wildman–Crippen LogP) is 2.97. The minimum atomic E-state index is -0.489. The second-order valence-corrected chi connectivity index (χ2v) is 4.96. The molecule has 7 nitrogen and oxygen atoms in total. The maximum absolute atomic E-state index is 11.5. The number of oxime groups is 1. The number of anilines is 1. The van der Waals surface area contributed by atoms with Gasteiger partial charge in [0.1, 0.15) is 5.56 Å². The van der Waals surface area contributed by atoms with Gasteiger partial charge in [0, 0.05) is 12.6 Å². The third kappa shape index (κ3) is 4.45. The topological polar surface area (TPSA) is 90.1 Å². The van der Waals surface area contributed by atoms with Gasteiger partial charge >= 0.3 is 5.97 Å². The van der Waals surface area contributed by atoms with Gasteiger partial charge in [-0.05, 0) is 30.7 Å². The lowest BCUT2D eigenvalue weighted by molar-refractivity contribution is -0.114. The number of benzene rings is 1. The number of carbonyl (C=O) groups excluding carboxylic acids is 2. The van der Waals surface area contributed by atoms with Gasteiger partial charge in [-0.2, -0.15) is 0 Å². The standard InChI is InChI=1S/C17H18N2O5/c1-11(13-4-6-14(7-5-13)18-12(2)20)19-24-10-16-15(8-9-23-16)17(21)22-3/h4-9H,10H2,1-3H3,(H,18,20). The highest BCUT2D eigenvalue weighted by Gasteiger charge is 2.15. The molecule has 1 N–H and O–H groups in total. The van der Waals surface area contributed by atoms with Crippen molar-refractivity contribution in [1.29, 1.82) is 0 Å². The number of furan rings is 1. The second-order valence-electron chi connectivity index (χ2n) is 4.96. The van der Waals surface area contributed by atoms with Crippen LogP contribution in [0.3, 0.4) is 0 Å². The van der Waals surface area contributed by atoms with Crippen molar-refractivity contribution in [3.05, 3.63) is 53.5 Å². The van der Waals surface area contributed by atoms with E-state index in [0.717, 1.165) is 5.56 Å². The number of nitrogens with one attached hydrogen (secondary N) is 1. The summed E-state index contributed by atoms with van der Waals surface area (Å²) in [5.74, 6) is -0.271. The Kier molecular flexibility index (Phi) is 5.73. The van der Waals surface area contributed by atoms with E-state index in [9.17, 15) is 9.59 Å². The fraction of sp³-hybridized carbons (Fsp3) is 0.235. The minimum absolute atomic E-state index is 0.0126. The summed E-state index contributed by atoms with van der Waals surface area (Å²) < 4.78 is 9.84. The van der Waals surface area contributed by atoms with Crippen LogP contribution in [0.2, 0.25) is 0 Å². The minimum Gasteiger partial charge on any atom is -0.465 e. The number of amides is 1. The molecular formula is C17H18N2O5. The highest BCUT2D eigenvalue weighted by molar-refractivity contribution is 5.99. The summed E-state index contributed by atoms with van der Waals surface area (Å²) in [6.45, 7) is 3.25. The normalized spacial score (nSPS) is 11.0. The molecule has 0 saturated heterocycles. The third-order valence-corrected chi connectivity index (χ3v) is 3.17. The molecular weight excluding hydrogens is 312 g/mol. The molecule has 7 heteroatoms. The molecule has 0 spiro atoms. The molecule has 1 heterocycles. The van der Waals surface area contributed by atoms with E-state index < -0.39 is 5.97 Å². The van der Waals surface area contributed by atoms with Gasteiger partial charge < -0.3 is 19.3 Å². The van der Waals surface area contributed by atoms with Gasteiger partial charge in [0.05, 0.1) is 19.1 Å². The molecule has 0 fully saturated rings. The van der Waals surface area contributed by atoms with Crippen LogP contribution in [-0.2, 0) is 21.0 Å². The van der Waals surface area contributed by atoms with Crippen LogP contribution in [0.5, 0.6) is 0 Å². The largest absolute Gasteiger partial charge is 0.465 e. The Labute approximate surface area is 139 Å². The summed E-state index contributed by atoms with van der Waals surface area (Å²) in [5.41, 5.74) is 2.51. The third-order valence-electron chi connectivity index (χ3n) is 3.17. The molecule has 0 aliphatic carbocycles. The van der Waals surface area contributed by atoms with E-state index in [0.29, 0.717) is 22.7 Å². The van der Waals surface area contributed by atoms with E-state index in [1.807, 2.05) is 12.1 Å². The maximum atomic E-state index is 11.5. The summed E-state index contributed by atoms with van der Waals surface area (Å²) in [4.78, 5) is 27.7. The first-order valence-electron chi connectivity index (χ1n) is 7.20. The van der Waals surface area contributed by atoms with Crippen molar-refractivity contribution in [2.75, 3.05) is 12.4 Å². The fourth-order valence-corrected chi connectivity index (χ4v) is 1.98. The SMILES string of the molecule is COC(=O)c1ccoc1CON=C(C)c1ccc(NC(C)=O)cc1. The summed E-state index contributed by atoms with van der Waals surface area (Å²) in [6, 6.07) is 8.71. The molecule has 1 amide bonds.